The van der Waals surface area contributed by atoms with E-state index >= 15 is 0 Å². The van der Waals surface area contributed by atoms with Gasteiger partial charge in [0.2, 0.25) is 5.91 Å². The summed E-state index contributed by atoms with van der Waals surface area (Å²) in [7, 11) is 0. The number of carbonyl (C=O) groups is 3. The number of benzene rings is 1. The molecule has 9 heteroatoms. The van der Waals surface area contributed by atoms with Crippen molar-refractivity contribution in [3.05, 3.63) is 30.1 Å². The number of carboxylic acid groups (broad SMARTS) is 1. The lowest BCUT2D eigenvalue weighted by molar-refractivity contribution is -0.308. The van der Waals surface area contributed by atoms with Crippen molar-refractivity contribution in [2.24, 2.45) is 16.8 Å². The van der Waals surface area contributed by atoms with Crippen LogP contribution in [-0.4, -0.2) is 35.2 Å². The topological polar surface area (TPSA) is 102 Å². The number of nitrogens with zero attached hydrogens (tertiary/aromatic N) is 2. The van der Waals surface area contributed by atoms with Crippen LogP contribution in [0, 0.1) is 17.7 Å². The number of aliphatic imine (C=N–C) groups is 1. The molecule has 1 saturated heterocycles. The summed E-state index contributed by atoms with van der Waals surface area (Å²) in [5.74, 6) is -4.95. The summed E-state index contributed by atoms with van der Waals surface area (Å²) in [6.07, 6.45) is 1.54. The molecule has 1 aromatic carbocycles. The summed E-state index contributed by atoms with van der Waals surface area (Å²) in [6, 6.07) is 3.82. The van der Waals surface area contributed by atoms with Gasteiger partial charge in [-0.05, 0) is 42.4 Å². The SMILES string of the molecule is CC[C@H](C)[C@@H](N=CC1C(=O)NC(=S)N(c2ccc(F)cc2)C1=O)C(=O)[O-]. The zero-order valence-electron chi connectivity index (χ0n) is 14.1. The van der Waals surface area contributed by atoms with Crippen LogP contribution in [0.15, 0.2) is 29.3 Å². The van der Waals surface area contributed by atoms with E-state index in [2.05, 4.69) is 10.3 Å². The molecule has 2 amide bonds. The number of thiocarbonyl (C=S) groups is 1. The number of nitrogens with one attached hydrogen (secondary N) is 1. The molecule has 0 radical (unpaired) electrons. The normalized spacial score (nSPS) is 20.2. The summed E-state index contributed by atoms with van der Waals surface area (Å²) in [6.45, 7) is 3.48. The van der Waals surface area contributed by atoms with E-state index in [9.17, 15) is 23.9 Å². The summed E-state index contributed by atoms with van der Waals surface area (Å²) >= 11 is 5.02. The zero-order valence-corrected chi connectivity index (χ0v) is 15.0. The second-order valence-electron chi connectivity index (χ2n) is 5.87. The van der Waals surface area contributed by atoms with Gasteiger partial charge in [0.25, 0.3) is 5.91 Å². The van der Waals surface area contributed by atoms with Gasteiger partial charge in [-0.3, -0.25) is 19.5 Å². The number of halogens is 1. The molecule has 1 N–H and O–H groups in total. The summed E-state index contributed by atoms with van der Waals surface area (Å²) < 4.78 is 13.1. The van der Waals surface area contributed by atoms with E-state index in [0.29, 0.717) is 6.42 Å². The lowest BCUT2D eigenvalue weighted by atomic mass is 9.99. The summed E-state index contributed by atoms with van der Waals surface area (Å²) in [4.78, 5) is 41.0. The Kier molecular flexibility index (Phi) is 6.14. The number of rotatable bonds is 6. The fourth-order valence-corrected chi connectivity index (χ4v) is 2.69. The van der Waals surface area contributed by atoms with Crippen LogP contribution >= 0.6 is 12.2 Å². The summed E-state index contributed by atoms with van der Waals surface area (Å²) in [5, 5.41) is 13.5. The molecular formula is C17H17FN3O4S-. The fraction of sp³-hybridized carbons (Fsp3) is 0.353. The minimum atomic E-state index is -1.38. The maximum absolute atomic E-state index is 13.1. The third-order valence-corrected chi connectivity index (χ3v) is 4.39. The molecule has 1 heterocycles. The highest BCUT2D eigenvalue weighted by atomic mass is 32.1. The Morgan fingerprint density at radius 2 is 2.04 bits per heavy atom. The molecule has 138 valence electrons. The van der Waals surface area contributed by atoms with Crippen molar-refractivity contribution in [1.29, 1.82) is 0 Å². The van der Waals surface area contributed by atoms with Crippen molar-refractivity contribution in [3.8, 4) is 0 Å². The van der Waals surface area contributed by atoms with E-state index < -0.39 is 35.6 Å². The second-order valence-corrected chi connectivity index (χ2v) is 6.26. The van der Waals surface area contributed by atoms with E-state index in [1.54, 1.807) is 13.8 Å². The van der Waals surface area contributed by atoms with Gasteiger partial charge in [-0.15, -0.1) is 0 Å². The van der Waals surface area contributed by atoms with Crippen LogP contribution in [-0.2, 0) is 14.4 Å². The van der Waals surface area contributed by atoms with Crippen molar-refractivity contribution in [3.63, 3.8) is 0 Å². The average Bonchev–Trinajstić information content (AvgIpc) is 2.58. The van der Waals surface area contributed by atoms with Crippen LogP contribution in [0.5, 0.6) is 0 Å². The largest absolute Gasteiger partial charge is 0.548 e. The first-order valence-corrected chi connectivity index (χ1v) is 8.35. The minimum Gasteiger partial charge on any atom is -0.548 e. The van der Waals surface area contributed by atoms with E-state index in [-0.39, 0.29) is 16.7 Å². The molecule has 1 unspecified atom stereocenters. The molecule has 0 aliphatic carbocycles. The number of carboxylic acids is 1. The van der Waals surface area contributed by atoms with E-state index in [1.807, 2.05) is 0 Å². The van der Waals surface area contributed by atoms with Crippen LogP contribution in [0.4, 0.5) is 10.1 Å². The summed E-state index contributed by atoms with van der Waals surface area (Å²) in [5.41, 5.74) is 0.276. The molecule has 1 aromatic rings. The number of anilines is 1. The number of carbonyl (C=O) groups excluding carboxylic acids is 3. The lowest BCUT2D eigenvalue weighted by Crippen LogP contribution is -2.58. The van der Waals surface area contributed by atoms with Crippen LogP contribution in [0.25, 0.3) is 0 Å². The van der Waals surface area contributed by atoms with Crippen LogP contribution in [0.1, 0.15) is 20.3 Å². The monoisotopic (exact) mass is 378 g/mol. The Morgan fingerprint density at radius 3 is 2.58 bits per heavy atom. The van der Waals surface area contributed by atoms with Gasteiger partial charge in [0.05, 0.1) is 17.7 Å². The third-order valence-electron chi connectivity index (χ3n) is 4.11. The molecule has 1 aliphatic rings. The molecule has 0 aromatic heterocycles. The predicted octanol–water partition coefficient (Wildman–Crippen LogP) is 0.425. The Hall–Kier alpha value is -2.68. The zero-order chi connectivity index (χ0) is 19.4. The number of hydrogen-bond donors (Lipinski definition) is 1. The third kappa shape index (κ3) is 4.10. The second kappa shape index (κ2) is 8.13. The van der Waals surface area contributed by atoms with E-state index in [0.717, 1.165) is 23.2 Å². The first kappa shape index (κ1) is 19.6. The lowest BCUT2D eigenvalue weighted by Gasteiger charge is -2.31. The van der Waals surface area contributed by atoms with Gasteiger partial charge < -0.3 is 15.2 Å². The van der Waals surface area contributed by atoms with Gasteiger partial charge >= 0.3 is 0 Å². The molecule has 7 nitrogen and oxygen atoms in total. The average molecular weight is 378 g/mol. The number of aliphatic carboxylic acids is 1. The standard InChI is InChI=1S/C17H18FN3O4S/c1-3-9(2)13(16(24)25)19-8-12-14(22)20-17(26)21(15(12)23)11-6-4-10(18)5-7-11/h4-9,12-13H,3H2,1-2H3,(H,24,25)(H,20,22,26)/p-1/t9-,12?,13+/m0/s1. The Balaban J connectivity index is 2.30. The van der Waals surface area contributed by atoms with Gasteiger partial charge in [-0.1, -0.05) is 20.3 Å². The maximum Gasteiger partial charge on any atom is 0.251 e. The van der Waals surface area contributed by atoms with Gasteiger partial charge in [0, 0.05) is 6.21 Å². The van der Waals surface area contributed by atoms with Crippen molar-refractivity contribution in [1.82, 2.24) is 5.32 Å². The van der Waals surface area contributed by atoms with Gasteiger partial charge in [0.1, 0.15) is 5.82 Å². The molecule has 0 saturated carbocycles. The van der Waals surface area contributed by atoms with Crippen LogP contribution < -0.4 is 15.3 Å². The van der Waals surface area contributed by atoms with Crippen LogP contribution in [0.3, 0.4) is 0 Å². The van der Waals surface area contributed by atoms with Crippen molar-refractivity contribution >= 4 is 47.0 Å². The predicted molar refractivity (Wildman–Crippen MR) is 94.9 cm³/mol. The fourth-order valence-electron chi connectivity index (χ4n) is 2.40. The van der Waals surface area contributed by atoms with Gasteiger partial charge in [0.15, 0.2) is 11.0 Å². The number of amides is 2. The highest BCUT2D eigenvalue weighted by Crippen LogP contribution is 2.21. The van der Waals surface area contributed by atoms with Gasteiger partial charge in [-0.2, -0.15) is 0 Å². The molecule has 3 atom stereocenters. The molecule has 26 heavy (non-hydrogen) atoms. The molecule has 0 spiro atoms. The minimum absolute atomic E-state index is 0.144. The molecule has 1 aliphatic heterocycles. The Morgan fingerprint density at radius 1 is 1.42 bits per heavy atom. The first-order chi connectivity index (χ1) is 12.3. The molecular weight excluding hydrogens is 361 g/mol. The highest BCUT2D eigenvalue weighted by Gasteiger charge is 2.38. The molecule has 1 fully saturated rings. The van der Waals surface area contributed by atoms with Crippen LogP contribution in [0.2, 0.25) is 0 Å². The first-order valence-electron chi connectivity index (χ1n) is 7.94. The van der Waals surface area contributed by atoms with E-state index in [4.69, 9.17) is 12.2 Å². The Labute approximate surface area is 154 Å². The highest BCUT2D eigenvalue weighted by molar-refractivity contribution is 7.80. The molecule has 0 bridgehead atoms. The smallest absolute Gasteiger partial charge is 0.251 e. The van der Waals surface area contributed by atoms with E-state index in [1.165, 1.54) is 12.1 Å². The van der Waals surface area contributed by atoms with Crippen molar-refractivity contribution in [2.75, 3.05) is 4.90 Å². The quantitative estimate of drug-likeness (QED) is 0.439. The van der Waals surface area contributed by atoms with Crippen molar-refractivity contribution < 1.29 is 23.9 Å². The molecule has 2 rings (SSSR count). The Bertz CT molecular complexity index is 766. The van der Waals surface area contributed by atoms with Gasteiger partial charge in [-0.25, -0.2) is 4.39 Å². The van der Waals surface area contributed by atoms with Crippen molar-refractivity contribution in [2.45, 2.75) is 26.3 Å². The number of hydrogen-bond acceptors (Lipinski definition) is 6. The maximum atomic E-state index is 13.1.